The second kappa shape index (κ2) is 6.60. The zero-order valence-electron chi connectivity index (χ0n) is 12.5. The molecule has 1 aromatic carbocycles. The molecule has 1 aromatic heterocycles. The fraction of sp³-hybridized carbons (Fsp3) is 0.188. The number of rotatable bonds is 4. The zero-order chi connectivity index (χ0) is 17.0. The number of hydrogen-bond donors (Lipinski definition) is 0. The average Bonchev–Trinajstić information content (AvgIpc) is 2.52. The van der Waals surface area contributed by atoms with Crippen LogP contribution in [0.4, 0.5) is 24.7 Å². The normalized spacial score (nSPS) is 11.7. The van der Waals surface area contributed by atoms with Crippen LogP contribution in [0.3, 0.4) is 0 Å². The third-order valence-electron chi connectivity index (χ3n) is 3.07. The van der Waals surface area contributed by atoms with Crippen molar-refractivity contribution in [2.24, 2.45) is 4.99 Å². The number of carbonyl (C=O) groups excluding carboxylic acids is 1. The molecule has 0 saturated heterocycles. The van der Waals surface area contributed by atoms with E-state index in [1.54, 1.807) is 18.2 Å². The summed E-state index contributed by atoms with van der Waals surface area (Å²) in [6, 6.07) is 8.77. The lowest BCUT2D eigenvalue weighted by Crippen LogP contribution is -2.18. The van der Waals surface area contributed by atoms with Crippen LogP contribution in [-0.4, -0.2) is 24.7 Å². The number of hydrogen-bond acceptors (Lipinski definition) is 3. The summed E-state index contributed by atoms with van der Waals surface area (Å²) >= 11 is 0. The third-order valence-corrected chi connectivity index (χ3v) is 3.07. The Morgan fingerprint density at radius 3 is 2.61 bits per heavy atom. The highest BCUT2D eigenvalue weighted by atomic mass is 19.4. The molecule has 0 atom stereocenters. The molecule has 0 bridgehead atoms. The molecule has 23 heavy (non-hydrogen) atoms. The first kappa shape index (κ1) is 16.7. The van der Waals surface area contributed by atoms with Gasteiger partial charge in [-0.05, 0) is 31.2 Å². The minimum Gasteiger partial charge on any atom is -0.320 e. The van der Waals surface area contributed by atoms with Gasteiger partial charge in [-0.2, -0.15) is 13.2 Å². The molecule has 0 aliphatic carbocycles. The van der Waals surface area contributed by atoms with E-state index in [0.717, 1.165) is 11.6 Å². The van der Waals surface area contributed by atoms with Crippen molar-refractivity contribution in [2.45, 2.75) is 13.1 Å². The summed E-state index contributed by atoms with van der Waals surface area (Å²) in [5, 5.41) is 0. The standard InChI is InChI=1S/C16H14F3N3O/c1-11-6-7-13(12(8-11)9-23)20-10-22(2)15-5-3-4-14(21-15)16(17,18)19/h3-10H,1-2H3. The molecule has 0 amide bonds. The molecule has 0 aliphatic rings. The lowest BCUT2D eigenvalue weighted by Gasteiger charge is -2.14. The first-order valence-electron chi connectivity index (χ1n) is 6.68. The molecule has 7 heteroatoms. The number of halogens is 3. The van der Waals surface area contributed by atoms with Crippen LogP contribution in [0.5, 0.6) is 0 Å². The monoisotopic (exact) mass is 321 g/mol. The maximum absolute atomic E-state index is 12.7. The molecule has 2 rings (SSSR count). The Kier molecular flexibility index (Phi) is 4.78. The van der Waals surface area contributed by atoms with Gasteiger partial charge in [-0.25, -0.2) is 9.98 Å². The third kappa shape index (κ3) is 4.15. The first-order chi connectivity index (χ1) is 10.8. The largest absolute Gasteiger partial charge is 0.433 e. The van der Waals surface area contributed by atoms with Crippen LogP contribution in [0, 0.1) is 6.92 Å². The molecule has 2 aromatic rings. The first-order valence-corrected chi connectivity index (χ1v) is 6.68. The van der Waals surface area contributed by atoms with Gasteiger partial charge in [0.15, 0.2) is 6.29 Å². The fourth-order valence-corrected chi connectivity index (χ4v) is 1.87. The molecule has 0 radical (unpaired) electrons. The predicted octanol–water partition coefficient (Wildman–Crippen LogP) is 4.02. The van der Waals surface area contributed by atoms with Crippen molar-refractivity contribution in [3.05, 3.63) is 53.2 Å². The fourth-order valence-electron chi connectivity index (χ4n) is 1.87. The number of nitrogens with zero attached hydrogens (tertiary/aromatic N) is 3. The van der Waals surface area contributed by atoms with Crippen LogP contribution >= 0.6 is 0 Å². The van der Waals surface area contributed by atoms with Crippen LogP contribution in [0.25, 0.3) is 0 Å². The number of aryl methyl sites for hydroxylation is 1. The Morgan fingerprint density at radius 1 is 1.22 bits per heavy atom. The molecular weight excluding hydrogens is 307 g/mol. The van der Waals surface area contributed by atoms with E-state index in [-0.39, 0.29) is 5.82 Å². The van der Waals surface area contributed by atoms with Crippen molar-refractivity contribution in [3.8, 4) is 0 Å². The van der Waals surface area contributed by atoms with E-state index in [9.17, 15) is 18.0 Å². The summed E-state index contributed by atoms with van der Waals surface area (Å²) in [6.07, 6.45) is -2.50. The highest BCUT2D eigenvalue weighted by molar-refractivity contribution is 5.86. The molecule has 4 nitrogen and oxygen atoms in total. The van der Waals surface area contributed by atoms with E-state index in [1.807, 2.05) is 6.92 Å². The van der Waals surface area contributed by atoms with Crippen LogP contribution < -0.4 is 4.90 Å². The van der Waals surface area contributed by atoms with E-state index in [4.69, 9.17) is 0 Å². The van der Waals surface area contributed by atoms with E-state index in [2.05, 4.69) is 9.98 Å². The van der Waals surface area contributed by atoms with Gasteiger partial charge in [0, 0.05) is 12.6 Å². The summed E-state index contributed by atoms with van der Waals surface area (Å²) in [7, 11) is 1.53. The minimum absolute atomic E-state index is 0.100. The Balaban J connectivity index is 2.25. The van der Waals surface area contributed by atoms with E-state index in [1.165, 1.54) is 30.4 Å². The maximum atomic E-state index is 12.7. The number of aldehydes is 1. The lowest BCUT2D eigenvalue weighted by atomic mass is 10.1. The van der Waals surface area contributed by atoms with Gasteiger partial charge in [0.05, 0.1) is 12.0 Å². The summed E-state index contributed by atoms with van der Waals surface area (Å²) in [6.45, 7) is 1.85. The van der Waals surface area contributed by atoms with Crippen LogP contribution in [0.1, 0.15) is 21.6 Å². The van der Waals surface area contributed by atoms with Crippen molar-refractivity contribution in [2.75, 3.05) is 11.9 Å². The average molecular weight is 321 g/mol. The smallest absolute Gasteiger partial charge is 0.320 e. The molecule has 0 saturated carbocycles. The van der Waals surface area contributed by atoms with E-state index >= 15 is 0 Å². The minimum atomic E-state index is -4.50. The van der Waals surface area contributed by atoms with E-state index < -0.39 is 11.9 Å². The number of benzene rings is 1. The number of carbonyl (C=O) groups is 1. The van der Waals surface area contributed by atoms with Gasteiger partial charge in [0.1, 0.15) is 11.5 Å². The molecule has 0 fully saturated rings. The number of aliphatic imine (C=N–C) groups is 1. The number of aromatic nitrogens is 1. The highest BCUT2D eigenvalue weighted by Gasteiger charge is 2.32. The quantitative estimate of drug-likeness (QED) is 0.485. The Labute approximate surface area is 131 Å². The summed E-state index contributed by atoms with van der Waals surface area (Å²) < 4.78 is 38.0. The van der Waals surface area contributed by atoms with Crippen LogP contribution in [0.15, 0.2) is 41.4 Å². The van der Waals surface area contributed by atoms with Crippen molar-refractivity contribution in [1.29, 1.82) is 0 Å². The zero-order valence-corrected chi connectivity index (χ0v) is 12.5. The number of pyridine rings is 1. The summed E-state index contributed by atoms with van der Waals surface area (Å²) in [4.78, 5) is 20.1. The lowest BCUT2D eigenvalue weighted by molar-refractivity contribution is -0.141. The SMILES string of the molecule is Cc1ccc(N=CN(C)c2cccc(C(F)(F)F)n2)c(C=O)c1. The predicted molar refractivity (Wildman–Crippen MR) is 82.4 cm³/mol. The second-order valence-electron chi connectivity index (χ2n) is 4.91. The molecule has 0 N–H and O–H groups in total. The molecule has 120 valence electrons. The van der Waals surface area contributed by atoms with Gasteiger partial charge in [-0.1, -0.05) is 17.7 Å². The van der Waals surface area contributed by atoms with Gasteiger partial charge in [-0.3, -0.25) is 4.79 Å². The second-order valence-corrected chi connectivity index (χ2v) is 4.91. The maximum Gasteiger partial charge on any atom is 0.433 e. The van der Waals surface area contributed by atoms with Crippen LogP contribution in [-0.2, 0) is 6.18 Å². The van der Waals surface area contributed by atoms with Gasteiger partial charge in [0.2, 0.25) is 0 Å². The van der Waals surface area contributed by atoms with Gasteiger partial charge in [0.25, 0.3) is 0 Å². The van der Waals surface area contributed by atoms with Crippen molar-refractivity contribution in [1.82, 2.24) is 4.98 Å². The molecule has 0 spiro atoms. The summed E-state index contributed by atoms with van der Waals surface area (Å²) in [5.74, 6) is 0.100. The Bertz CT molecular complexity index is 742. The van der Waals surface area contributed by atoms with Crippen LogP contribution in [0.2, 0.25) is 0 Å². The van der Waals surface area contributed by atoms with E-state index in [0.29, 0.717) is 17.5 Å². The van der Waals surface area contributed by atoms with Gasteiger partial charge >= 0.3 is 6.18 Å². The number of alkyl halides is 3. The topological polar surface area (TPSA) is 45.6 Å². The van der Waals surface area contributed by atoms with Crippen molar-refractivity contribution >= 4 is 24.1 Å². The molecule has 0 aliphatic heterocycles. The summed E-state index contributed by atoms with van der Waals surface area (Å²) in [5.41, 5.74) is 0.786. The van der Waals surface area contributed by atoms with Crippen molar-refractivity contribution in [3.63, 3.8) is 0 Å². The molecule has 1 heterocycles. The molecular formula is C16H14F3N3O. The highest BCUT2D eigenvalue weighted by Crippen LogP contribution is 2.28. The Hall–Kier alpha value is -2.70. The van der Waals surface area contributed by atoms with Gasteiger partial charge in [-0.15, -0.1) is 0 Å². The van der Waals surface area contributed by atoms with Gasteiger partial charge < -0.3 is 4.90 Å². The number of anilines is 1. The molecule has 0 unspecified atom stereocenters. The Morgan fingerprint density at radius 2 is 1.96 bits per heavy atom. The van der Waals surface area contributed by atoms with Crippen molar-refractivity contribution < 1.29 is 18.0 Å².